The Morgan fingerprint density at radius 3 is 2.52 bits per heavy atom. The van der Waals surface area contributed by atoms with Crippen molar-refractivity contribution in [2.75, 3.05) is 26.2 Å². The number of hydrogen-bond donors (Lipinski definition) is 2. The van der Waals surface area contributed by atoms with Crippen LogP contribution in [-0.4, -0.2) is 62.6 Å². The zero-order valence-corrected chi connectivity index (χ0v) is 15.9. The third-order valence-corrected chi connectivity index (χ3v) is 6.59. The van der Waals surface area contributed by atoms with Crippen molar-refractivity contribution in [2.45, 2.75) is 30.8 Å². The lowest BCUT2D eigenvalue weighted by atomic mass is 9.99. The van der Waals surface area contributed by atoms with Crippen molar-refractivity contribution in [1.29, 1.82) is 0 Å². The molecule has 1 aromatic rings. The topological polar surface area (TPSA) is 113 Å². The molecule has 1 unspecified atom stereocenters. The van der Waals surface area contributed by atoms with E-state index >= 15 is 0 Å². The zero-order valence-electron chi connectivity index (χ0n) is 15.1. The largest absolute Gasteiger partial charge is 0.481 e. The molecule has 2 saturated heterocycles. The lowest BCUT2D eigenvalue weighted by molar-refractivity contribution is -0.142. The monoisotopic (exact) mass is 396 g/mol. The Hall–Kier alpha value is -1.97. The molecule has 0 saturated carbocycles. The van der Waals surface area contributed by atoms with Crippen LogP contribution in [0.3, 0.4) is 0 Å². The number of likely N-dealkylation sites (tertiary alicyclic amines) is 1. The number of hydrogen-bond acceptors (Lipinski definition) is 5. The molecule has 0 radical (unpaired) electrons. The van der Waals surface area contributed by atoms with E-state index in [1.54, 1.807) is 0 Å². The summed E-state index contributed by atoms with van der Waals surface area (Å²) in [7, 11) is -3.67. The van der Waals surface area contributed by atoms with E-state index in [0.29, 0.717) is 18.7 Å². The number of nitrogens with one attached hydrogen (secondary N) is 1. The van der Waals surface area contributed by atoms with Crippen molar-refractivity contribution in [3.05, 3.63) is 29.8 Å². The van der Waals surface area contributed by atoms with Gasteiger partial charge in [-0.3, -0.25) is 9.59 Å². The average Bonchev–Trinajstić information content (AvgIpc) is 3.29. The normalized spacial score (nSPS) is 25.7. The number of nitrogens with zero attached hydrogens (tertiary/aromatic N) is 1. The molecule has 9 heteroatoms. The quantitative estimate of drug-likeness (QED) is 0.740. The molecule has 2 heterocycles. The fraction of sp³-hybridized carbons (Fsp3) is 0.556. The van der Waals surface area contributed by atoms with Gasteiger partial charge in [0.25, 0.3) is 5.91 Å². The van der Waals surface area contributed by atoms with Crippen LogP contribution in [0.25, 0.3) is 0 Å². The van der Waals surface area contributed by atoms with Gasteiger partial charge in [-0.05, 0) is 43.0 Å². The summed E-state index contributed by atoms with van der Waals surface area (Å²) >= 11 is 0. The number of carboxylic acid groups (broad SMARTS) is 1. The highest BCUT2D eigenvalue weighted by atomic mass is 32.2. The molecule has 0 bridgehead atoms. The Bertz CT molecular complexity index is 802. The molecule has 2 aliphatic heterocycles. The highest BCUT2D eigenvalue weighted by Gasteiger charge is 2.37. The highest BCUT2D eigenvalue weighted by Crippen LogP contribution is 2.25. The average molecular weight is 396 g/mol. The van der Waals surface area contributed by atoms with E-state index in [1.807, 2.05) is 6.92 Å². The third-order valence-electron chi connectivity index (χ3n) is 5.15. The first-order chi connectivity index (χ1) is 12.8. The first-order valence-corrected chi connectivity index (χ1v) is 10.5. The number of benzene rings is 1. The predicted molar refractivity (Wildman–Crippen MR) is 96.8 cm³/mol. The molecule has 8 nitrogen and oxygen atoms in total. The van der Waals surface area contributed by atoms with Gasteiger partial charge < -0.3 is 14.7 Å². The van der Waals surface area contributed by atoms with Gasteiger partial charge in [0.15, 0.2) is 0 Å². The molecule has 27 heavy (non-hydrogen) atoms. The lowest BCUT2D eigenvalue weighted by Crippen LogP contribution is -2.32. The van der Waals surface area contributed by atoms with Gasteiger partial charge in [-0.1, -0.05) is 6.92 Å². The Morgan fingerprint density at radius 1 is 1.26 bits per heavy atom. The molecular formula is C18H24N2O6S. The summed E-state index contributed by atoms with van der Waals surface area (Å²) in [5.41, 5.74) is 0.339. The second kappa shape index (κ2) is 7.95. The Balaban J connectivity index is 1.64. The van der Waals surface area contributed by atoms with Gasteiger partial charge in [0.05, 0.1) is 16.9 Å². The van der Waals surface area contributed by atoms with E-state index in [-0.39, 0.29) is 35.9 Å². The van der Waals surface area contributed by atoms with Gasteiger partial charge in [0, 0.05) is 31.8 Å². The molecule has 1 aromatic carbocycles. The maximum atomic E-state index is 12.6. The van der Waals surface area contributed by atoms with Crippen molar-refractivity contribution < 1.29 is 27.9 Å². The van der Waals surface area contributed by atoms with Crippen LogP contribution in [0, 0.1) is 11.8 Å². The van der Waals surface area contributed by atoms with Gasteiger partial charge >= 0.3 is 5.97 Å². The van der Waals surface area contributed by atoms with Crippen LogP contribution in [0.1, 0.15) is 30.1 Å². The van der Waals surface area contributed by atoms with Crippen molar-refractivity contribution in [2.24, 2.45) is 11.8 Å². The molecule has 3 rings (SSSR count). The Labute approximate surface area is 158 Å². The number of ether oxygens (including phenoxy) is 1. The van der Waals surface area contributed by atoms with Crippen molar-refractivity contribution >= 4 is 21.9 Å². The number of carboxylic acids is 1. The molecule has 2 N–H and O–H groups in total. The van der Waals surface area contributed by atoms with Crippen LogP contribution < -0.4 is 4.72 Å². The summed E-state index contributed by atoms with van der Waals surface area (Å²) in [6.45, 7) is 3.23. The second-order valence-corrected chi connectivity index (χ2v) is 8.91. The minimum absolute atomic E-state index is 0.0789. The van der Waals surface area contributed by atoms with Gasteiger partial charge in [-0.15, -0.1) is 0 Å². The van der Waals surface area contributed by atoms with E-state index < -0.39 is 21.9 Å². The Kier molecular flexibility index (Phi) is 5.83. The standard InChI is InChI=1S/C18H24N2O6S/c1-12-10-20(11-16(12)18(22)23)17(21)13-4-6-15(7-5-13)27(24,25)19-9-14-3-2-8-26-14/h4-7,12,14,16,19H,2-3,8-11H2,1H3,(H,22,23)/t12-,14?,16-/m1/s1. The SMILES string of the molecule is C[C@@H]1CN(C(=O)c2ccc(S(=O)(=O)NCC3CCCO3)cc2)C[C@H]1C(=O)O. The van der Waals surface area contributed by atoms with Crippen LogP contribution in [0.4, 0.5) is 0 Å². The number of amides is 1. The fourth-order valence-electron chi connectivity index (χ4n) is 3.50. The van der Waals surface area contributed by atoms with Crippen molar-refractivity contribution in [1.82, 2.24) is 9.62 Å². The summed E-state index contributed by atoms with van der Waals surface area (Å²) in [4.78, 5) is 25.4. The lowest BCUT2D eigenvalue weighted by Gasteiger charge is -2.16. The summed E-state index contributed by atoms with van der Waals surface area (Å²) < 4.78 is 32.7. The van der Waals surface area contributed by atoms with Crippen molar-refractivity contribution in [3.63, 3.8) is 0 Å². The second-order valence-electron chi connectivity index (χ2n) is 7.14. The van der Waals surface area contributed by atoms with Gasteiger partial charge in [-0.2, -0.15) is 0 Å². The van der Waals surface area contributed by atoms with E-state index in [1.165, 1.54) is 29.2 Å². The molecule has 3 atom stereocenters. The third kappa shape index (κ3) is 4.48. The number of carbonyl (C=O) groups excluding carboxylic acids is 1. The summed E-state index contributed by atoms with van der Waals surface area (Å²) in [6.07, 6.45) is 1.67. The van der Waals surface area contributed by atoms with Gasteiger partial charge in [0.2, 0.25) is 10.0 Å². The van der Waals surface area contributed by atoms with E-state index in [9.17, 15) is 23.1 Å². The molecule has 2 aliphatic rings. The number of carbonyl (C=O) groups is 2. The van der Waals surface area contributed by atoms with E-state index in [4.69, 9.17) is 4.74 Å². The molecule has 2 fully saturated rings. The van der Waals surface area contributed by atoms with Gasteiger partial charge in [0.1, 0.15) is 0 Å². The minimum atomic E-state index is -3.67. The molecule has 0 aliphatic carbocycles. The zero-order chi connectivity index (χ0) is 19.6. The van der Waals surface area contributed by atoms with E-state index in [2.05, 4.69) is 4.72 Å². The smallest absolute Gasteiger partial charge is 0.308 e. The summed E-state index contributed by atoms with van der Waals surface area (Å²) in [5.74, 6) is -1.89. The minimum Gasteiger partial charge on any atom is -0.481 e. The number of aliphatic carboxylic acids is 1. The maximum absolute atomic E-state index is 12.6. The van der Waals surface area contributed by atoms with Crippen LogP contribution in [-0.2, 0) is 19.6 Å². The molecule has 148 valence electrons. The first-order valence-electron chi connectivity index (χ1n) is 9.01. The van der Waals surface area contributed by atoms with Crippen LogP contribution in [0.2, 0.25) is 0 Å². The van der Waals surface area contributed by atoms with Crippen molar-refractivity contribution in [3.8, 4) is 0 Å². The molecule has 0 spiro atoms. The molecular weight excluding hydrogens is 372 g/mol. The van der Waals surface area contributed by atoms with Crippen LogP contribution in [0.15, 0.2) is 29.2 Å². The number of sulfonamides is 1. The maximum Gasteiger partial charge on any atom is 0.308 e. The fourth-order valence-corrected chi connectivity index (χ4v) is 4.57. The highest BCUT2D eigenvalue weighted by molar-refractivity contribution is 7.89. The number of rotatable bonds is 6. The van der Waals surface area contributed by atoms with Crippen LogP contribution >= 0.6 is 0 Å². The Morgan fingerprint density at radius 2 is 1.96 bits per heavy atom. The van der Waals surface area contributed by atoms with Gasteiger partial charge in [-0.25, -0.2) is 13.1 Å². The summed E-state index contributed by atoms with van der Waals surface area (Å²) in [5, 5.41) is 9.19. The predicted octanol–water partition coefficient (Wildman–Crippen LogP) is 0.937. The summed E-state index contributed by atoms with van der Waals surface area (Å²) in [6, 6.07) is 5.70. The molecule has 1 amide bonds. The first kappa shape index (κ1) is 19.8. The van der Waals surface area contributed by atoms with E-state index in [0.717, 1.165) is 12.8 Å². The van der Waals surface area contributed by atoms with Crippen LogP contribution in [0.5, 0.6) is 0 Å². The molecule has 0 aromatic heterocycles.